The summed E-state index contributed by atoms with van der Waals surface area (Å²) in [5, 5.41) is 2.87. The molecule has 1 aliphatic rings. The predicted octanol–water partition coefficient (Wildman–Crippen LogP) is 2.82. The lowest BCUT2D eigenvalue weighted by atomic mass is 10.1. The Balaban J connectivity index is 1.75. The van der Waals surface area contributed by atoms with Crippen LogP contribution in [0.5, 0.6) is 0 Å². The molecule has 0 fully saturated rings. The number of fused-ring (bicyclic) bond motifs is 1. The first-order chi connectivity index (χ1) is 11.5. The van der Waals surface area contributed by atoms with E-state index in [2.05, 4.69) is 11.9 Å². The van der Waals surface area contributed by atoms with Gasteiger partial charge in [0, 0.05) is 30.9 Å². The van der Waals surface area contributed by atoms with Crippen LogP contribution in [-0.4, -0.2) is 37.4 Å². The zero-order valence-electron chi connectivity index (χ0n) is 13.7. The molecular weight excluding hydrogens is 302 g/mol. The van der Waals surface area contributed by atoms with Gasteiger partial charge in [0.1, 0.15) is 6.54 Å². The minimum atomic E-state index is -0.258. The van der Waals surface area contributed by atoms with Gasteiger partial charge in [0.15, 0.2) is 0 Å². The molecule has 0 aliphatic carbocycles. The lowest BCUT2D eigenvalue weighted by Crippen LogP contribution is -2.33. The molecule has 122 valence electrons. The third-order valence-corrected chi connectivity index (χ3v) is 4.00. The average molecular weight is 321 g/mol. The number of para-hydroxylation sites is 2. The van der Waals surface area contributed by atoms with Crippen LogP contribution in [0.4, 0.5) is 11.4 Å². The fraction of sp³-hybridized carbons (Fsp3) is 0.158. The van der Waals surface area contributed by atoms with Gasteiger partial charge in [-0.1, -0.05) is 36.9 Å². The van der Waals surface area contributed by atoms with Crippen molar-refractivity contribution >= 4 is 28.9 Å². The van der Waals surface area contributed by atoms with Crippen LogP contribution in [-0.2, 0) is 4.79 Å². The lowest BCUT2D eigenvalue weighted by molar-refractivity contribution is -0.116. The molecule has 1 N–H and O–H groups in total. The SMILES string of the molecule is C=C1c2ccccc2C(=O)N1CC(=O)Nc1ccccc1N(C)C. The van der Waals surface area contributed by atoms with Gasteiger partial charge >= 0.3 is 0 Å². The molecule has 3 rings (SSSR count). The molecule has 5 heteroatoms. The molecular formula is C19H19N3O2. The summed E-state index contributed by atoms with van der Waals surface area (Å²) >= 11 is 0. The molecule has 1 aliphatic heterocycles. The second-order valence-electron chi connectivity index (χ2n) is 5.84. The van der Waals surface area contributed by atoms with Crippen molar-refractivity contribution in [3.05, 3.63) is 66.2 Å². The Labute approximate surface area is 141 Å². The van der Waals surface area contributed by atoms with E-state index in [1.165, 1.54) is 4.90 Å². The molecule has 0 unspecified atom stereocenters. The van der Waals surface area contributed by atoms with Crippen LogP contribution in [0.25, 0.3) is 5.70 Å². The maximum absolute atomic E-state index is 12.4. The van der Waals surface area contributed by atoms with E-state index in [9.17, 15) is 9.59 Å². The number of nitrogens with one attached hydrogen (secondary N) is 1. The second kappa shape index (κ2) is 6.20. The Kier molecular flexibility index (Phi) is 4.08. The molecule has 2 amide bonds. The van der Waals surface area contributed by atoms with Gasteiger partial charge in [0.2, 0.25) is 5.91 Å². The molecule has 24 heavy (non-hydrogen) atoms. The summed E-state index contributed by atoms with van der Waals surface area (Å²) in [5.41, 5.74) is 3.54. The molecule has 0 aromatic heterocycles. The minimum Gasteiger partial charge on any atom is -0.376 e. The first kappa shape index (κ1) is 15.8. The Morgan fingerprint density at radius 1 is 1.08 bits per heavy atom. The number of nitrogens with zero attached hydrogens (tertiary/aromatic N) is 2. The summed E-state index contributed by atoms with van der Waals surface area (Å²) in [6.07, 6.45) is 0. The van der Waals surface area contributed by atoms with E-state index in [-0.39, 0.29) is 18.4 Å². The quantitative estimate of drug-likeness (QED) is 0.942. The number of hydrogen-bond donors (Lipinski definition) is 1. The Morgan fingerprint density at radius 3 is 2.38 bits per heavy atom. The number of carbonyl (C=O) groups is 2. The van der Waals surface area contributed by atoms with E-state index in [1.54, 1.807) is 12.1 Å². The monoisotopic (exact) mass is 321 g/mol. The van der Waals surface area contributed by atoms with Gasteiger partial charge in [-0.3, -0.25) is 14.5 Å². The van der Waals surface area contributed by atoms with Crippen LogP contribution in [0.15, 0.2) is 55.1 Å². The maximum Gasteiger partial charge on any atom is 0.259 e. The molecule has 0 bridgehead atoms. The third-order valence-electron chi connectivity index (χ3n) is 4.00. The molecule has 0 spiro atoms. The molecule has 0 radical (unpaired) electrons. The highest BCUT2D eigenvalue weighted by Crippen LogP contribution is 2.31. The van der Waals surface area contributed by atoms with Crippen molar-refractivity contribution in [2.75, 3.05) is 30.9 Å². The molecule has 2 aromatic rings. The summed E-state index contributed by atoms with van der Waals surface area (Å²) in [7, 11) is 3.82. The van der Waals surface area contributed by atoms with Crippen molar-refractivity contribution in [1.29, 1.82) is 0 Å². The summed E-state index contributed by atoms with van der Waals surface area (Å²) in [6.45, 7) is 3.89. The highest BCUT2D eigenvalue weighted by Gasteiger charge is 2.31. The van der Waals surface area contributed by atoms with E-state index in [0.717, 1.165) is 11.3 Å². The van der Waals surface area contributed by atoms with Crippen molar-refractivity contribution in [2.45, 2.75) is 0 Å². The zero-order chi connectivity index (χ0) is 17.3. The van der Waals surface area contributed by atoms with Gasteiger partial charge in [-0.15, -0.1) is 0 Å². The van der Waals surface area contributed by atoms with Crippen LogP contribution < -0.4 is 10.2 Å². The van der Waals surface area contributed by atoms with E-state index in [1.807, 2.05) is 55.4 Å². The normalized spacial score (nSPS) is 13.0. The van der Waals surface area contributed by atoms with Gasteiger partial charge in [0.05, 0.1) is 11.4 Å². The lowest BCUT2D eigenvalue weighted by Gasteiger charge is -2.20. The van der Waals surface area contributed by atoms with Crippen molar-refractivity contribution < 1.29 is 9.59 Å². The van der Waals surface area contributed by atoms with Crippen molar-refractivity contribution in [1.82, 2.24) is 4.90 Å². The Bertz CT molecular complexity index is 792. The maximum atomic E-state index is 12.4. The van der Waals surface area contributed by atoms with E-state index < -0.39 is 0 Å². The fourth-order valence-electron chi connectivity index (χ4n) is 2.80. The highest BCUT2D eigenvalue weighted by molar-refractivity contribution is 6.11. The smallest absolute Gasteiger partial charge is 0.259 e. The van der Waals surface area contributed by atoms with Crippen LogP contribution >= 0.6 is 0 Å². The predicted molar refractivity (Wildman–Crippen MR) is 95.9 cm³/mol. The van der Waals surface area contributed by atoms with Crippen LogP contribution in [0, 0.1) is 0 Å². The second-order valence-corrected chi connectivity index (χ2v) is 5.84. The van der Waals surface area contributed by atoms with Gasteiger partial charge in [-0.2, -0.15) is 0 Å². The van der Waals surface area contributed by atoms with Gasteiger partial charge in [-0.25, -0.2) is 0 Å². The standard InChI is InChI=1S/C19H19N3O2/c1-13-14-8-4-5-9-15(14)19(24)22(13)12-18(23)20-16-10-6-7-11-17(16)21(2)3/h4-11H,1,12H2,2-3H3,(H,20,23). The number of anilines is 2. The van der Waals surface area contributed by atoms with Crippen LogP contribution in [0.2, 0.25) is 0 Å². The van der Waals surface area contributed by atoms with Crippen molar-refractivity contribution in [2.24, 2.45) is 0 Å². The molecule has 2 aromatic carbocycles. The molecule has 0 saturated heterocycles. The summed E-state index contributed by atoms with van der Waals surface area (Å²) in [4.78, 5) is 28.2. The third kappa shape index (κ3) is 2.76. The number of rotatable bonds is 4. The Hall–Kier alpha value is -3.08. The van der Waals surface area contributed by atoms with Gasteiger partial charge in [0.25, 0.3) is 5.91 Å². The summed E-state index contributed by atoms with van der Waals surface area (Å²) < 4.78 is 0. The minimum absolute atomic E-state index is 0.0614. The first-order valence-electron chi connectivity index (χ1n) is 7.65. The van der Waals surface area contributed by atoms with Gasteiger partial charge in [-0.05, 0) is 18.2 Å². The van der Waals surface area contributed by atoms with Crippen molar-refractivity contribution in [3.63, 3.8) is 0 Å². The average Bonchev–Trinajstić information content (AvgIpc) is 2.80. The number of benzene rings is 2. The van der Waals surface area contributed by atoms with E-state index in [0.29, 0.717) is 16.9 Å². The first-order valence-corrected chi connectivity index (χ1v) is 7.65. The van der Waals surface area contributed by atoms with Gasteiger partial charge < -0.3 is 10.2 Å². The molecule has 0 saturated carbocycles. The molecule has 5 nitrogen and oxygen atoms in total. The topological polar surface area (TPSA) is 52.7 Å². The van der Waals surface area contributed by atoms with E-state index in [4.69, 9.17) is 0 Å². The summed E-state index contributed by atoms with van der Waals surface area (Å²) in [5.74, 6) is -0.446. The Morgan fingerprint density at radius 2 is 1.71 bits per heavy atom. The zero-order valence-corrected chi connectivity index (χ0v) is 13.7. The van der Waals surface area contributed by atoms with Crippen LogP contribution in [0.3, 0.4) is 0 Å². The molecule has 0 atom stereocenters. The number of hydrogen-bond acceptors (Lipinski definition) is 3. The summed E-state index contributed by atoms with van der Waals surface area (Å²) in [6, 6.07) is 14.8. The van der Waals surface area contributed by atoms with E-state index >= 15 is 0 Å². The largest absolute Gasteiger partial charge is 0.376 e. The van der Waals surface area contributed by atoms with Crippen LogP contribution in [0.1, 0.15) is 15.9 Å². The highest BCUT2D eigenvalue weighted by atomic mass is 16.2. The van der Waals surface area contributed by atoms with Crippen molar-refractivity contribution in [3.8, 4) is 0 Å². The number of carbonyl (C=O) groups excluding carboxylic acids is 2. The molecule has 1 heterocycles. The number of amides is 2. The fourth-order valence-corrected chi connectivity index (χ4v) is 2.80.